The maximum absolute atomic E-state index is 5.60. The molecule has 0 radical (unpaired) electrons. The van der Waals surface area contributed by atoms with E-state index in [2.05, 4.69) is 29.7 Å². The summed E-state index contributed by atoms with van der Waals surface area (Å²) in [7, 11) is -0.968. The molecule has 0 spiro atoms. The zero-order valence-corrected chi connectivity index (χ0v) is 11.4. The third-order valence-corrected chi connectivity index (χ3v) is 4.42. The van der Waals surface area contributed by atoms with Gasteiger partial charge in [0.15, 0.2) is 5.82 Å². The molecular weight excluding hydrogens is 218 g/mol. The van der Waals surface area contributed by atoms with Crippen molar-refractivity contribution in [3.05, 3.63) is 12.2 Å². The third-order valence-electron chi connectivity index (χ3n) is 2.72. The van der Waals surface area contributed by atoms with Crippen LogP contribution in [0.3, 0.4) is 0 Å². The van der Waals surface area contributed by atoms with Gasteiger partial charge in [0, 0.05) is 20.6 Å². The van der Waals surface area contributed by atoms with E-state index in [-0.39, 0.29) is 0 Å². The molecule has 1 aliphatic carbocycles. The normalized spacial score (nSPS) is 16.7. The van der Waals surface area contributed by atoms with Crippen LogP contribution in [0, 0.1) is 0 Å². The van der Waals surface area contributed by atoms with Gasteiger partial charge in [-0.25, -0.2) is 9.67 Å². The molecule has 1 heterocycles. The maximum atomic E-state index is 5.60. The summed E-state index contributed by atoms with van der Waals surface area (Å²) >= 11 is 0. The molecule has 0 aliphatic heterocycles. The fourth-order valence-electron chi connectivity index (χ4n) is 1.44. The highest BCUT2D eigenvalue weighted by molar-refractivity contribution is 6.76. The van der Waals surface area contributed by atoms with Crippen LogP contribution in [0.2, 0.25) is 25.7 Å². The van der Waals surface area contributed by atoms with E-state index in [1.807, 2.05) is 0 Å². The largest absolute Gasteiger partial charge is 0.359 e. The first-order valence-corrected chi connectivity index (χ1v) is 9.72. The summed E-state index contributed by atoms with van der Waals surface area (Å²) in [6.45, 7) is 8.46. The molecule has 1 saturated carbocycles. The quantitative estimate of drug-likeness (QED) is 0.565. The van der Waals surface area contributed by atoms with Crippen LogP contribution < -0.4 is 0 Å². The van der Waals surface area contributed by atoms with Crippen molar-refractivity contribution >= 4 is 8.07 Å². The molecule has 5 heteroatoms. The fraction of sp³-hybridized carbons (Fsp3) is 0.818. The van der Waals surface area contributed by atoms with E-state index in [4.69, 9.17) is 4.74 Å². The van der Waals surface area contributed by atoms with E-state index < -0.39 is 8.07 Å². The van der Waals surface area contributed by atoms with E-state index in [1.54, 1.807) is 11.0 Å². The summed E-state index contributed by atoms with van der Waals surface area (Å²) in [4.78, 5) is 4.29. The van der Waals surface area contributed by atoms with E-state index in [0.717, 1.165) is 12.4 Å². The van der Waals surface area contributed by atoms with Crippen molar-refractivity contribution < 1.29 is 4.74 Å². The molecule has 0 unspecified atom stereocenters. The Balaban J connectivity index is 1.68. The maximum Gasteiger partial charge on any atom is 0.153 e. The summed E-state index contributed by atoms with van der Waals surface area (Å²) in [5.41, 5.74) is 0. The van der Waals surface area contributed by atoms with Crippen LogP contribution in [-0.4, -0.2) is 29.4 Å². The van der Waals surface area contributed by atoms with Crippen molar-refractivity contribution in [3.8, 4) is 0 Å². The van der Waals surface area contributed by atoms with Gasteiger partial charge in [0.2, 0.25) is 0 Å². The highest BCUT2D eigenvalue weighted by Crippen LogP contribution is 2.37. The predicted molar refractivity (Wildman–Crippen MR) is 66.1 cm³/mol. The van der Waals surface area contributed by atoms with E-state index in [1.165, 1.54) is 18.9 Å². The molecule has 0 amide bonds. The molecule has 1 aliphatic rings. The van der Waals surface area contributed by atoms with Gasteiger partial charge in [0.1, 0.15) is 13.1 Å². The summed E-state index contributed by atoms with van der Waals surface area (Å²) in [6, 6.07) is 1.21. The lowest BCUT2D eigenvalue weighted by Crippen LogP contribution is -2.22. The molecule has 4 nitrogen and oxygen atoms in total. The van der Waals surface area contributed by atoms with Gasteiger partial charge in [-0.3, -0.25) is 0 Å². The zero-order valence-electron chi connectivity index (χ0n) is 10.4. The van der Waals surface area contributed by atoms with Crippen molar-refractivity contribution in [2.45, 2.75) is 51.2 Å². The molecule has 0 aromatic carbocycles. The first kappa shape index (κ1) is 11.8. The minimum absolute atomic E-state index is 0.546. The number of aromatic nitrogens is 3. The lowest BCUT2D eigenvalue weighted by Gasteiger charge is -2.15. The molecule has 1 fully saturated rings. The van der Waals surface area contributed by atoms with E-state index in [9.17, 15) is 0 Å². The van der Waals surface area contributed by atoms with Gasteiger partial charge in [-0.05, 0) is 18.9 Å². The van der Waals surface area contributed by atoms with Gasteiger partial charge < -0.3 is 4.74 Å². The molecular formula is C11H21N3OSi. The van der Waals surface area contributed by atoms with Crippen molar-refractivity contribution in [3.63, 3.8) is 0 Å². The monoisotopic (exact) mass is 239 g/mol. The molecule has 0 bridgehead atoms. The van der Waals surface area contributed by atoms with E-state index in [0.29, 0.717) is 12.6 Å². The first-order valence-electron chi connectivity index (χ1n) is 6.02. The number of ether oxygens (including phenoxy) is 1. The minimum atomic E-state index is -0.968. The zero-order chi connectivity index (χ0) is 11.6. The van der Waals surface area contributed by atoms with Gasteiger partial charge in [0.05, 0.1) is 0 Å². The number of hydrogen-bond acceptors (Lipinski definition) is 3. The third kappa shape index (κ3) is 3.72. The molecule has 0 N–H and O–H groups in total. The van der Waals surface area contributed by atoms with E-state index >= 15 is 0 Å². The van der Waals surface area contributed by atoms with Gasteiger partial charge in [-0.2, -0.15) is 5.10 Å². The second-order valence-electron chi connectivity index (χ2n) is 5.76. The second-order valence-corrected chi connectivity index (χ2v) is 11.4. The van der Waals surface area contributed by atoms with Crippen molar-refractivity contribution in [1.82, 2.24) is 14.8 Å². The average molecular weight is 239 g/mol. The molecule has 1 aromatic heterocycles. The Morgan fingerprint density at radius 3 is 2.81 bits per heavy atom. The number of hydrogen-bond donors (Lipinski definition) is 0. The second kappa shape index (κ2) is 4.67. The molecule has 2 rings (SSSR count). The van der Waals surface area contributed by atoms with Gasteiger partial charge in [0.25, 0.3) is 0 Å². The van der Waals surface area contributed by atoms with Gasteiger partial charge in [-0.15, -0.1) is 0 Å². The highest BCUT2D eigenvalue weighted by Gasteiger charge is 2.27. The lowest BCUT2D eigenvalue weighted by molar-refractivity contribution is 0.0781. The number of nitrogens with zero attached hydrogens (tertiary/aromatic N) is 3. The van der Waals surface area contributed by atoms with Gasteiger partial charge >= 0.3 is 0 Å². The Morgan fingerprint density at radius 2 is 2.19 bits per heavy atom. The highest BCUT2D eigenvalue weighted by atomic mass is 28.3. The van der Waals surface area contributed by atoms with Crippen LogP contribution in [-0.2, 0) is 11.5 Å². The summed E-state index contributed by atoms with van der Waals surface area (Å²) in [5, 5.41) is 4.40. The van der Waals surface area contributed by atoms with Crippen molar-refractivity contribution in [1.29, 1.82) is 0 Å². The summed E-state index contributed by atoms with van der Waals surface area (Å²) in [5.74, 6) is 1.62. The Hall–Kier alpha value is -0.683. The summed E-state index contributed by atoms with van der Waals surface area (Å²) in [6.07, 6.45) is 4.28. The lowest BCUT2D eigenvalue weighted by atomic mass is 10.4. The predicted octanol–water partition coefficient (Wildman–Crippen LogP) is 2.47. The molecule has 0 saturated heterocycles. The van der Waals surface area contributed by atoms with Crippen LogP contribution in [0.25, 0.3) is 0 Å². The van der Waals surface area contributed by atoms with Crippen molar-refractivity contribution in [2.75, 3.05) is 6.61 Å². The molecule has 90 valence electrons. The standard InChI is InChI=1S/C11H21N3OSi/c1-16(2,3)7-6-15-9-14-8-12-11(13-14)10-4-5-10/h8,10H,4-7,9H2,1-3H3. The average Bonchev–Trinajstić information content (AvgIpc) is 2.93. The summed E-state index contributed by atoms with van der Waals surface area (Å²) < 4.78 is 7.41. The van der Waals surface area contributed by atoms with Crippen LogP contribution in [0.5, 0.6) is 0 Å². The Bertz CT molecular complexity index is 341. The molecule has 16 heavy (non-hydrogen) atoms. The Labute approximate surface area is 98.0 Å². The molecule has 1 aromatic rings. The smallest absolute Gasteiger partial charge is 0.153 e. The van der Waals surface area contributed by atoms with Gasteiger partial charge in [-0.1, -0.05) is 19.6 Å². The Kier molecular flexibility index (Phi) is 3.44. The molecule has 0 atom stereocenters. The van der Waals surface area contributed by atoms with Crippen LogP contribution >= 0.6 is 0 Å². The minimum Gasteiger partial charge on any atom is -0.359 e. The first-order chi connectivity index (χ1) is 7.54. The van der Waals surface area contributed by atoms with Crippen molar-refractivity contribution in [2.24, 2.45) is 0 Å². The topological polar surface area (TPSA) is 39.9 Å². The van der Waals surface area contributed by atoms with Crippen LogP contribution in [0.1, 0.15) is 24.6 Å². The number of rotatable bonds is 6. The fourth-order valence-corrected chi connectivity index (χ4v) is 2.19. The van der Waals surface area contributed by atoms with Crippen LogP contribution in [0.15, 0.2) is 6.33 Å². The Morgan fingerprint density at radius 1 is 1.44 bits per heavy atom. The van der Waals surface area contributed by atoms with Crippen LogP contribution in [0.4, 0.5) is 0 Å². The SMILES string of the molecule is C[Si](C)(C)CCOCn1cnc(C2CC2)n1.